The molecule has 1 amide bonds. The van der Waals surface area contributed by atoms with Gasteiger partial charge < -0.3 is 10.2 Å². The third kappa shape index (κ3) is 3.31. The maximum Gasteiger partial charge on any atom is 0.256 e. The average molecular weight is 414 g/mol. The van der Waals surface area contributed by atoms with Crippen LogP contribution in [0.25, 0.3) is 5.65 Å². The van der Waals surface area contributed by atoms with E-state index in [1.807, 2.05) is 33.7 Å². The van der Waals surface area contributed by atoms with E-state index in [2.05, 4.69) is 20.5 Å². The number of nitrogens with zero attached hydrogens (tertiary/aromatic N) is 6. The third-order valence-electron chi connectivity index (χ3n) is 5.98. The van der Waals surface area contributed by atoms with Crippen LogP contribution in [0.15, 0.2) is 48.9 Å². The number of aromatic amines is 1. The Hall–Kier alpha value is -3.75. The second kappa shape index (κ2) is 7.19. The lowest BCUT2D eigenvalue weighted by atomic mass is 10.2. The molecule has 4 aromatic rings. The van der Waals surface area contributed by atoms with E-state index in [1.54, 1.807) is 24.5 Å². The molecule has 2 aliphatic rings. The summed E-state index contributed by atoms with van der Waals surface area (Å²) in [5.74, 6) is 2.57. The maximum absolute atomic E-state index is 13.1. The van der Waals surface area contributed by atoms with Crippen LogP contribution >= 0.6 is 0 Å². The fourth-order valence-corrected chi connectivity index (χ4v) is 4.24. The summed E-state index contributed by atoms with van der Waals surface area (Å²) >= 11 is 0. The van der Waals surface area contributed by atoms with Crippen LogP contribution in [-0.4, -0.2) is 46.9 Å². The number of hydrogen-bond donors (Lipinski definition) is 2. The van der Waals surface area contributed by atoms with Crippen LogP contribution in [0.3, 0.4) is 0 Å². The molecule has 6 rings (SSSR count). The fraction of sp³-hybridized carbons (Fsp3) is 0.318. The first kappa shape index (κ1) is 18.1. The van der Waals surface area contributed by atoms with Gasteiger partial charge in [0.05, 0.1) is 11.6 Å². The molecule has 156 valence electrons. The molecule has 31 heavy (non-hydrogen) atoms. The minimum atomic E-state index is -0.172. The van der Waals surface area contributed by atoms with E-state index >= 15 is 0 Å². The molecule has 0 bridgehead atoms. The van der Waals surface area contributed by atoms with Gasteiger partial charge in [-0.3, -0.25) is 19.3 Å². The van der Waals surface area contributed by atoms with Gasteiger partial charge in [-0.15, -0.1) is 0 Å². The Kier molecular flexibility index (Phi) is 4.19. The summed E-state index contributed by atoms with van der Waals surface area (Å²) in [5, 5.41) is 10.8. The molecule has 4 aromatic heterocycles. The summed E-state index contributed by atoms with van der Waals surface area (Å²) < 4.78 is 1.90. The van der Waals surface area contributed by atoms with Gasteiger partial charge in [-0.25, -0.2) is 4.98 Å². The number of amides is 1. The van der Waals surface area contributed by atoms with Crippen LogP contribution in [0, 0.1) is 0 Å². The Morgan fingerprint density at radius 3 is 2.94 bits per heavy atom. The zero-order chi connectivity index (χ0) is 20.8. The van der Waals surface area contributed by atoms with Gasteiger partial charge in [-0.2, -0.15) is 10.1 Å². The van der Waals surface area contributed by atoms with Crippen molar-refractivity contribution in [2.24, 2.45) is 0 Å². The zero-order valence-electron chi connectivity index (χ0n) is 16.9. The molecule has 1 atom stereocenters. The van der Waals surface area contributed by atoms with Crippen molar-refractivity contribution in [2.45, 2.75) is 37.6 Å². The normalized spacial score (nSPS) is 18.6. The summed E-state index contributed by atoms with van der Waals surface area (Å²) in [7, 11) is 0. The van der Waals surface area contributed by atoms with Crippen LogP contribution < -0.4 is 5.32 Å². The molecule has 2 N–H and O–H groups in total. The first-order valence-electron chi connectivity index (χ1n) is 10.6. The number of pyridine rings is 1. The van der Waals surface area contributed by atoms with Crippen LogP contribution in [0.1, 0.15) is 59.5 Å². The molecule has 1 aliphatic heterocycles. The van der Waals surface area contributed by atoms with Gasteiger partial charge >= 0.3 is 0 Å². The Bertz CT molecular complexity index is 1240. The Labute approximate surface area is 178 Å². The molecule has 2 fully saturated rings. The van der Waals surface area contributed by atoms with Crippen molar-refractivity contribution >= 4 is 23.3 Å². The summed E-state index contributed by atoms with van der Waals surface area (Å²) in [6, 6.07) is 9.33. The van der Waals surface area contributed by atoms with Crippen molar-refractivity contribution in [1.29, 1.82) is 0 Å². The molecule has 9 heteroatoms. The van der Waals surface area contributed by atoms with E-state index in [9.17, 15) is 4.79 Å². The minimum absolute atomic E-state index is 0.0367. The highest BCUT2D eigenvalue weighted by atomic mass is 16.2. The number of nitrogens with one attached hydrogen (secondary N) is 2. The Balaban J connectivity index is 1.34. The standard InChI is InChI=1S/C22H22N8O/c31-21(15-4-1-9-23-13-15)29-10-2-5-17(29)20-25-19-6-3-11-30(19)22(26-20)24-18-12-16(27-28-18)14-7-8-14/h1,3-4,6,9,11-14,17H,2,5,7-8,10H2,(H2,24,25,26,27,28)/t17-/m0/s1. The SMILES string of the molecule is O=C(c1cccnc1)N1CCC[C@H]1c1nc(Nc2cc(C3CC3)[nH]n2)n2cccc2n1. The van der Waals surface area contributed by atoms with E-state index in [1.165, 1.54) is 12.8 Å². The topological polar surface area (TPSA) is 104 Å². The van der Waals surface area contributed by atoms with Crippen LogP contribution in [0.4, 0.5) is 11.8 Å². The van der Waals surface area contributed by atoms with E-state index in [-0.39, 0.29) is 11.9 Å². The number of H-pyrrole nitrogens is 1. The van der Waals surface area contributed by atoms with Crippen molar-refractivity contribution in [1.82, 2.24) is 34.4 Å². The van der Waals surface area contributed by atoms with Gasteiger partial charge in [0.1, 0.15) is 5.65 Å². The zero-order valence-corrected chi connectivity index (χ0v) is 16.9. The van der Waals surface area contributed by atoms with Gasteiger partial charge in [-0.05, 0) is 49.9 Å². The molecule has 0 spiro atoms. The van der Waals surface area contributed by atoms with Gasteiger partial charge in [0.2, 0.25) is 5.95 Å². The number of fused-ring (bicyclic) bond motifs is 1. The van der Waals surface area contributed by atoms with Crippen molar-refractivity contribution in [3.8, 4) is 0 Å². The van der Waals surface area contributed by atoms with E-state index < -0.39 is 0 Å². The third-order valence-corrected chi connectivity index (χ3v) is 5.98. The van der Waals surface area contributed by atoms with Crippen molar-refractivity contribution in [3.63, 3.8) is 0 Å². The predicted molar refractivity (Wildman–Crippen MR) is 114 cm³/mol. The Morgan fingerprint density at radius 2 is 2.10 bits per heavy atom. The lowest BCUT2D eigenvalue weighted by molar-refractivity contribution is 0.0729. The molecule has 9 nitrogen and oxygen atoms in total. The first-order chi connectivity index (χ1) is 15.3. The number of anilines is 2. The van der Waals surface area contributed by atoms with E-state index in [4.69, 9.17) is 9.97 Å². The summed E-state index contributed by atoms with van der Waals surface area (Å²) in [5.41, 5.74) is 2.52. The van der Waals surface area contributed by atoms with Crippen LogP contribution in [0.2, 0.25) is 0 Å². The largest absolute Gasteiger partial charge is 0.328 e. The predicted octanol–water partition coefficient (Wildman–Crippen LogP) is 3.45. The van der Waals surface area contributed by atoms with E-state index in [0.29, 0.717) is 29.8 Å². The number of likely N-dealkylation sites (tertiary alicyclic amines) is 1. The first-order valence-corrected chi connectivity index (χ1v) is 10.6. The van der Waals surface area contributed by atoms with Gasteiger partial charge in [0.25, 0.3) is 5.91 Å². The minimum Gasteiger partial charge on any atom is -0.328 e. The number of carbonyl (C=O) groups excluding carboxylic acids is 1. The summed E-state index contributed by atoms with van der Waals surface area (Å²) in [6.07, 6.45) is 9.37. The second-order valence-electron chi connectivity index (χ2n) is 8.15. The highest BCUT2D eigenvalue weighted by Crippen LogP contribution is 2.39. The molecular formula is C22H22N8O. The molecular weight excluding hydrogens is 392 g/mol. The molecule has 1 aliphatic carbocycles. The number of rotatable bonds is 5. The molecule has 0 radical (unpaired) electrons. The fourth-order valence-electron chi connectivity index (χ4n) is 4.24. The van der Waals surface area contributed by atoms with Crippen molar-refractivity contribution in [3.05, 3.63) is 66.0 Å². The van der Waals surface area contributed by atoms with Crippen LogP contribution in [-0.2, 0) is 0 Å². The molecule has 0 aromatic carbocycles. The smallest absolute Gasteiger partial charge is 0.256 e. The van der Waals surface area contributed by atoms with Crippen molar-refractivity contribution in [2.75, 3.05) is 11.9 Å². The molecule has 1 saturated heterocycles. The van der Waals surface area contributed by atoms with Gasteiger partial charge in [0, 0.05) is 42.8 Å². The lowest BCUT2D eigenvalue weighted by Gasteiger charge is -2.24. The van der Waals surface area contributed by atoms with Crippen LogP contribution in [0.5, 0.6) is 0 Å². The molecule has 5 heterocycles. The summed E-state index contributed by atoms with van der Waals surface area (Å²) in [6.45, 7) is 0.681. The quantitative estimate of drug-likeness (QED) is 0.518. The highest BCUT2D eigenvalue weighted by Gasteiger charge is 2.33. The average Bonchev–Trinajstić information content (AvgIpc) is 3.20. The molecule has 1 saturated carbocycles. The highest BCUT2D eigenvalue weighted by molar-refractivity contribution is 5.94. The monoisotopic (exact) mass is 414 g/mol. The second-order valence-corrected chi connectivity index (χ2v) is 8.15. The molecule has 0 unspecified atom stereocenters. The maximum atomic E-state index is 13.1. The lowest BCUT2D eigenvalue weighted by Crippen LogP contribution is -2.31. The Morgan fingerprint density at radius 1 is 1.16 bits per heavy atom. The number of hydrogen-bond acceptors (Lipinski definition) is 6. The van der Waals surface area contributed by atoms with Crippen molar-refractivity contribution < 1.29 is 4.79 Å². The number of carbonyl (C=O) groups is 1. The van der Waals surface area contributed by atoms with E-state index in [0.717, 1.165) is 30.0 Å². The summed E-state index contributed by atoms with van der Waals surface area (Å²) in [4.78, 5) is 28.6. The number of aromatic nitrogens is 6. The van der Waals surface area contributed by atoms with Gasteiger partial charge in [0.15, 0.2) is 11.6 Å². The van der Waals surface area contributed by atoms with Gasteiger partial charge in [-0.1, -0.05) is 0 Å².